The highest BCUT2D eigenvalue weighted by Crippen LogP contribution is 2.25. The molecule has 0 aliphatic rings. The van der Waals surface area contributed by atoms with E-state index in [2.05, 4.69) is 0 Å². The second kappa shape index (κ2) is 12.2. The van der Waals surface area contributed by atoms with Crippen LogP contribution < -0.4 is 0 Å². The third kappa shape index (κ3) is 2310. The summed E-state index contributed by atoms with van der Waals surface area (Å²) in [5, 5.41) is 24.2. The van der Waals surface area contributed by atoms with Crippen LogP contribution in [0.3, 0.4) is 0 Å². The number of phosphoric acid groups is 1. The van der Waals surface area contributed by atoms with E-state index in [9.17, 15) is 0 Å². The average molecular weight is 443 g/mol. The molecule has 20 heavy (non-hydrogen) atoms. The summed E-state index contributed by atoms with van der Waals surface area (Å²) in [6, 6.07) is 0. The molecule has 0 aliphatic heterocycles. The topological polar surface area (TPSA) is 138 Å². The molecule has 0 amide bonds. The van der Waals surface area contributed by atoms with E-state index in [4.69, 9.17) is 104 Å². The van der Waals surface area contributed by atoms with Gasteiger partial charge in [-0.3, -0.25) is 0 Å². The maximum Gasteiger partial charge on any atom is 0.466 e. The van der Waals surface area contributed by atoms with E-state index >= 15 is 0 Å². The predicted molar refractivity (Wildman–Crippen MR) is 81.3 cm³/mol. The Labute approximate surface area is 146 Å². The lowest BCUT2D eigenvalue weighted by Gasteiger charge is -1.97. The molecule has 7 nitrogen and oxygen atoms in total. The molecular weight excluding hydrogens is 428 g/mol. The van der Waals surface area contributed by atoms with Gasteiger partial charge < -0.3 is 30.0 Å². The Bertz CT molecular complexity index is 210. The van der Waals surface area contributed by atoms with Gasteiger partial charge in [-0.25, -0.2) is 4.57 Å². The van der Waals surface area contributed by atoms with E-state index < -0.39 is 21.4 Å². The van der Waals surface area contributed by atoms with Gasteiger partial charge in [-0.15, -0.1) is 0 Å². The van der Waals surface area contributed by atoms with Crippen molar-refractivity contribution in [3.05, 3.63) is 0 Å². The summed E-state index contributed by atoms with van der Waals surface area (Å²) in [7, 11) is -4.64. The van der Waals surface area contributed by atoms with Crippen LogP contribution in [0.25, 0.3) is 0 Å². The van der Waals surface area contributed by atoms with Crippen LogP contribution in [-0.2, 0) is 4.57 Å². The highest BCUT2D eigenvalue weighted by molar-refractivity contribution is 7.45. The Balaban J connectivity index is -0.0000000853. The maximum atomic E-state index is 8.88. The molecule has 0 aromatic rings. The zero-order chi connectivity index (χ0) is 18.0. The lowest BCUT2D eigenvalue weighted by atomic mass is 10.9. The van der Waals surface area contributed by atoms with Gasteiger partial charge in [0.2, 0.25) is 13.6 Å². The number of hydrogen-bond donors (Lipinski definition) is 6. The number of aliphatic hydroxyl groups is 3. The van der Waals surface area contributed by atoms with Crippen LogP contribution in [0.4, 0.5) is 0 Å². The maximum absolute atomic E-state index is 8.88. The van der Waals surface area contributed by atoms with Crippen LogP contribution in [0.2, 0.25) is 0 Å². The minimum atomic E-state index is -4.64. The van der Waals surface area contributed by atoms with Gasteiger partial charge in [-0.2, -0.15) is 0 Å². The summed E-state index contributed by atoms with van der Waals surface area (Å²) in [6.07, 6.45) is 0. The van der Waals surface area contributed by atoms with Gasteiger partial charge in [-0.1, -0.05) is 69.6 Å². The van der Waals surface area contributed by atoms with Gasteiger partial charge in [0.15, 0.2) is 0 Å². The van der Waals surface area contributed by atoms with Crippen LogP contribution in [0.15, 0.2) is 0 Å². The fourth-order valence-electron chi connectivity index (χ4n) is 0. The molecule has 0 saturated heterocycles. The summed E-state index contributed by atoms with van der Waals surface area (Å²) in [5.74, 6) is 0. The van der Waals surface area contributed by atoms with Gasteiger partial charge in [0.25, 0.3) is 0 Å². The first kappa shape index (κ1) is 29.7. The molecule has 6 N–H and O–H groups in total. The van der Waals surface area contributed by atoms with Crippen molar-refractivity contribution < 1.29 is 34.6 Å². The van der Waals surface area contributed by atoms with Gasteiger partial charge in [0.1, 0.15) is 0 Å². The van der Waals surface area contributed by atoms with Gasteiger partial charge in [0.05, 0.1) is 0 Å². The minimum Gasteiger partial charge on any atom is -0.363 e. The molecule has 14 heteroatoms. The molecule has 0 rings (SSSR count). The smallest absolute Gasteiger partial charge is 0.363 e. The van der Waals surface area contributed by atoms with Crippen molar-refractivity contribution in [1.29, 1.82) is 0 Å². The van der Waals surface area contributed by atoms with Crippen LogP contribution in [-0.4, -0.2) is 43.6 Å². The monoisotopic (exact) mass is 440 g/mol. The minimum absolute atomic E-state index is 1.27. The Hall–Kier alpha value is 1.73. The highest BCUT2D eigenvalue weighted by Gasteiger charge is 2.06. The highest BCUT2D eigenvalue weighted by atomic mass is 35.5. The molecular formula is C6H15Cl6O7P. The normalized spacial score (nSPS) is 11.9. The zero-order valence-electron chi connectivity index (χ0n) is 10.3. The van der Waals surface area contributed by atoms with E-state index in [1.54, 1.807) is 0 Å². The molecule has 0 spiro atoms. The lowest BCUT2D eigenvalue weighted by molar-refractivity contribution is 0.235. The third-order valence-electron chi connectivity index (χ3n) is 0. The Morgan fingerprint density at radius 1 is 0.650 bits per heavy atom. The summed E-state index contributed by atoms with van der Waals surface area (Å²) in [6.45, 7) is 3.82. The van der Waals surface area contributed by atoms with E-state index in [1.807, 2.05) is 0 Å². The Morgan fingerprint density at radius 2 is 0.650 bits per heavy atom. The SMILES string of the molecule is CC(O)(Cl)Cl.CC(O)(Cl)Cl.CC(O)(Cl)Cl.O=P(O)(O)O. The molecule has 0 unspecified atom stereocenters. The first-order valence-corrected chi connectivity index (χ1v) is 7.92. The average Bonchev–Trinajstić information content (AvgIpc) is 1.62. The molecule has 0 radical (unpaired) electrons. The Morgan fingerprint density at radius 3 is 0.650 bits per heavy atom. The van der Waals surface area contributed by atoms with Gasteiger partial charge in [-0.05, 0) is 20.8 Å². The second-order valence-corrected chi connectivity index (χ2v) is 9.06. The van der Waals surface area contributed by atoms with Crippen LogP contribution in [0, 0.1) is 0 Å². The van der Waals surface area contributed by atoms with Crippen molar-refractivity contribution in [2.24, 2.45) is 0 Å². The lowest BCUT2D eigenvalue weighted by Crippen LogP contribution is -2.00. The van der Waals surface area contributed by atoms with Crippen molar-refractivity contribution in [2.45, 2.75) is 34.3 Å². The van der Waals surface area contributed by atoms with Crippen molar-refractivity contribution in [1.82, 2.24) is 0 Å². The van der Waals surface area contributed by atoms with E-state index in [1.165, 1.54) is 20.8 Å². The number of alkyl halides is 6. The summed E-state index contributed by atoms with van der Waals surface area (Å²) >= 11 is 29.1. The van der Waals surface area contributed by atoms with Crippen molar-refractivity contribution >= 4 is 77.4 Å². The molecule has 0 aliphatic carbocycles. The van der Waals surface area contributed by atoms with Crippen LogP contribution in [0.1, 0.15) is 20.8 Å². The number of hydrogen-bond acceptors (Lipinski definition) is 4. The fraction of sp³-hybridized carbons (Fsp3) is 1.00. The van der Waals surface area contributed by atoms with E-state index in [0.717, 1.165) is 0 Å². The van der Waals surface area contributed by atoms with Crippen molar-refractivity contribution in [2.75, 3.05) is 0 Å². The summed E-state index contributed by atoms with van der Waals surface area (Å²) in [5.41, 5.74) is 0. The molecule has 0 bridgehead atoms. The van der Waals surface area contributed by atoms with Crippen molar-refractivity contribution in [3.63, 3.8) is 0 Å². The first-order valence-electron chi connectivity index (χ1n) is 4.09. The molecule has 0 atom stereocenters. The third-order valence-corrected chi connectivity index (χ3v) is 0. The quantitative estimate of drug-likeness (QED) is 0.250. The van der Waals surface area contributed by atoms with Gasteiger partial charge >= 0.3 is 7.82 Å². The molecule has 0 fully saturated rings. The van der Waals surface area contributed by atoms with Gasteiger partial charge in [0, 0.05) is 0 Å². The van der Waals surface area contributed by atoms with E-state index in [-0.39, 0.29) is 0 Å². The summed E-state index contributed by atoms with van der Waals surface area (Å²) in [4.78, 5) is 21.6. The molecule has 0 aromatic carbocycles. The summed E-state index contributed by atoms with van der Waals surface area (Å²) < 4.78 is 4.22. The standard InChI is InChI=1S/3C2H4Cl2O.H3O4P/c3*1-2(3,4)5;1-5(2,3)4/h3*5H,1H3;(H3,1,2,3,4). The predicted octanol–water partition coefficient (Wildman–Crippen LogP) is 2.46. The Kier molecular flexibility index (Phi) is 18.1. The molecule has 0 saturated carbocycles. The first-order chi connectivity index (χ1) is 8.00. The number of rotatable bonds is 0. The van der Waals surface area contributed by atoms with Crippen LogP contribution in [0.5, 0.6) is 0 Å². The molecule has 128 valence electrons. The second-order valence-electron chi connectivity index (χ2n) is 3.04. The number of halogens is 6. The fourth-order valence-corrected chi connectivity index (χ4v) is 0. The largest absolute Gasteiger partial charge is 0.466 e. The molecule has 0 aromatic heterocycles. The molecule has 0 heterocycles. The van der Waals surface area contributed by atoms with E-state index in [0.29, 0.717) is 0 Å². The zero-order valence-corrected chi connectivity index (χ0v) is 15.7. The van der Waals surface area contributed by atoms with Crippen molar-refractivity contribution in [3.8, 4) is 0 Å². The van der Waals surface area contributed by atoms with Crippen LogP contribution >= 0.6 is 77.4 Å².